The van der Waals surface area contributed by atoms with Crippen LogP contribution in [0.1, 0.15) is 12.5 Å². The van der Waals surface area contributed by atoms with Gasteiger partial charge in [0.2, 0.25) is 6.41 Å². The first kappa shape index (κ1) is 15.3. The highest BCUT2D eigenvalue weighted by Gasteiger charge is 2.04. The smallest absolute Gasteiger partial charge is 0.331 e. The Morgan fingerprint density at radius 2 is 1.95 bits per heavy atom. The topological polar surface area (TPSA) is 66.4 Å². The summed E-state index contributed by atoms with van der Waals surface area (Å²) in [7, 11) is 0. The van der Waals surface area contributed by atoms with E-state index >= 15 is 0 Å². The average Bonchev–Trinajstić information content (AvgIpc) is 2.37. The molecule has 0 unspecified atom stereocenters. The van der Waals surface area contributed by atoms with Crippen LogP contribution in [0.15, 0.2) is 35.9 Å². The van der Waals surface area contributed by atoms with Crippen molar-refractivity contribution in [2.24, 2.45) is 0 Å². The fourth-order valence-electron chi connectivity index (χ4n) is 1.23. The van der Waals surface area contributed by atoms with Gasteiger partial charge in [-0.15, -0.1) is 0 Å². The first-order valence-electron chi connectivity index (χ1n) is 5.23. The minimum absolute atomic E-state index is 0.144. The van der Waals surface area contributed by atoms with E-state index in [4.69, 9.17) is 28.3 Å². The lowest BCUT2D eigenvalue weighted by molar-refractivity contribution is -0.132. The van der Waals surface area contributed by atoms with Gasteiger partial charge in [-0.05, 0) is 30.7 Å². The number of hydrogen-bond acceptors (Lipinski definition) is 2. The van der Waals surface area contributed by atoms with Crippen molar-refractivity contribution in [1.82, 2.24) is 5.32 Å². The lowest BCUT2D eigenvalue weighted by Crippen LogP contribution is -2.09. The van der Waals surface area contributed by atoms with Crippen LogP contribution in [0.2, 0.25) is 10.0 Å². The summed E-state index contributed by atoms with van der Waals surface area (Å²) < 4.78 is 0. The standard InChI is InChI=1S/C13H11Cl2NO3/c1-8(13(18)19)2-5-12(16-7-17)9-3-4-10(14)11(15)6-9/h2-7H,1H3,(H,16,17)(H,18,19)/b8-2+,12-5-. The van der Waals surface area contributed by atoms with E-state index in [2.05, 4.69) is 5.32 Å². The highest BCUT2D eigenvalue weighted by Crippen LogP contribution is 2.25. The Morgan fingerprint density at radius 3 is 2.47 bits per heavy atom. The lowest BCUT2D eigenvalue weighted by atomic mass is 10.1. The number of carbonyl (C=O) groups is 2. The molecule has 1 amide bonds. The highest BCUT2D eigenvalue weighted by molar-refractivity contribution is 6.42. The zero-order valence-electron chi connectivity index (χ0n) is 9.98. The van der Waals surface area contributed by atoms with E-state index in [0.717, 1.165) is 0 Å². The van der Waals surface area contributed by atoms with Crippen LogP contribution in [0.5, 0.6) is 0 Å². The van der Waals surface area contributed by atoms with E-state index in [1.54, 1.807) is 18.2 Å². The normalized spacial score (nSPS) is 12.2. The molecule has 100 valence electrons. The van der Waals surface area contributed by atoms with Crippen LogP contribution in [-0.2, 0) is 9.59 Å². The zero-order valence-corrected chi connectivity index (χ0v) is 11.5. The maximum Gasteiger partial charge on any atom is 0.331 e. The van der Waals surface area contributed by atoms with Crippen LogP contribution >= 0.6 is 23.2 Å². The summed E-state index contributed by atoms with van der Waals surface area (Å²) in [6.07, 6.45) is 3.37. The number of amides is 1. The predicted octanol–water partition coefficient (Wildman–Crippen LogP) is 3.11. The number of aliphatic carboxylic acids is 1. The maximum absolute atomic E-state index is 10.7. The number of hydrogen-bond donors (Lipinski definition) is 2. The first-order valence-corrected chi connectivity index (χ1v) is 5.98. The fraction of sp³-hybridized carbons (Fsp3) is 0.0769. The van der Waals surface area contributed by atoms with Gasteiger partial charge in [-0.2, -0.15) is 0 Å². The molecule has 0 aliphatic rings. The van der Waals surface area contributed by atoms with Gasteiger partial charge < -0.3 is 10.4 Å². The third-order valence-electron chi connectivity index (χ3n) is 2.28. The van der Waals surface area contributed by atoms with E-state index in [-0.39, 0.29) is 5.57 Å². The van der Waals surface area contributed by atoms with Crippen molar-refractivity contribution in [2.75, 3.05) is 0 Å². The molecule has 0 fully saturated rings. The summed E-state index contributed by atoms with van der Waals surface area (Å²) in [5.41, 5.74) is 1.19. The van der Waals surface area contributed by atoms with Crippen LogP contribution < -0.4 is 5.32 Å². The number of carboxylic acid groups (broad SMARTS) is 1. The molecule has 19 heavy (non-hydrogen) atoms. The van der Waals surface area contributed by atoms with Crippen molar-refractivity contribution >= 4 is 41.3 Å². The number of nitrogens with one attached hydrogen (secondary N) is 1. The Hall–Kier alpha value is -1.78. The second kappa shape index (κ2) is 6.97. The molecule has 0 saturated carbocycles. The molecule has 0 spiro atoms. The van der Waals surface area contributed by atoms with Crippen LogP contribution in [0.25, 0.3) is 5.70 Å². The summed E-state index contributed by atoms with van der Waals surface area (Å²) >= 11 is 11.7. The third-order valence-corrected chi connectivity index (χ3v) is 3.02. The van der Waals surface area contributed by atoms with Gasteiger partial charge in [-0.25, -0.2) is 4.79 Å². The molecule has 0 heterocycles. The molecule has 0 aromatic heterocycles. The van der Waals surface area contributed by atoms with Gasteiger partial charge in [0.25, 0.3) is 0 Å². The fourth-order valence-corrected chi connectivity index (χ4v) is 1.53. The van der Waals surface area contributed by atoms with E-state index < -0.39 is 5.97 Å². The summed E-state index contributed by atoms with van der Waals surface area (Å²) in [6, 6.07) is 4.84. The average molecular weight is 300 g/mol. The summed E-state index contributed by atoms with van der Waals surface area (Å²) in [5.74, 6) is -1.03. The molecule has 0 bridgehead atoms. The van der Waals surface area contributed by atoms with E-state index in [1.165, 1.54) is 19.1 Å². The van der Waals surface area contributed by atoms with E-state index in [0.29, 0.717) is 27.7 Å². The van der Waals surface area contributed by atoms with Crippen molar-refractivity contribution in [3.63, 3.8) is 0 Å². The van der Waals surface area contributed by atoms with Crippen molar-refractivity contribution < 1.29 is 14.7 Å². The van der Waals surface area contributed by atoms with E-state index in [1.807, 2.05) is 0 Å². The molecule has 1 rings (SSSR count). The van der Waals surface area contributed by atoms with Gasteiger partial charge >= 0.3 is 5.97 Å². The lowest BCUT2D eigenvalue weighted by Gasteiger charge is -2.06. The molecular formula is C13H11Cl2NO3. The van der Waals surface area contributed by atoms with Crippen LogP contribution in [0.4, 0.5) is 0 Å². The van der Waals surface area contributed by atoms with Crippen molar-refractivity contribution in [1.29, 1.82) is 0 Å². The molecule has 1 aromatic carbocycles. The number of benzene rings is 1. The minimum atomic E-state index is -1.03. The predicted molar refractivity (Wildman–Crippen MR) is 75.0 cm³/mol. The zero-order chi connectivity index (χ0) is 14.4. The molecule has 4 nitrogen and oxygen atoms in total. The number of carboxylic acids is 1. The number of carbonyl (C=O) groups excluding carboxylic acids is 1. The van der Waals surface area contributed by atoms with Crippen LogP contribution in [-0.4, -0.2) is 17.5 Å². The molecule has 1 aromatic rings. The minimum Gasteiger partial charge on any atom is -0.478 e. The second-order valence-electron chi connectivity index (χ2n) is 3.63. The van der Waals surface area contributed by atoms with E-state index in [9.17, 15) is 9.59 Å². The Morgan fingerprint density at radius 1 is 1.26 bits per heavy atom. The summed E-state index contributed by atoms with van der Waals surface area (Å²) in [4.78, 5) is 21.2. The quantitative estimate of drug-likeness (QED) is 0.499. The third kappa shape index (κ3) is 4.43. The Bertz CT molecular complexity index is 565. The molecule has 2 N–H and O–H groups in total. The van der Waals surface area contributed by atoms with Gasteiger partial charge in [0.1, 0.15) is 0 Å². The number of allylic oxidation sites excluding steroid dienone is 2. The highest BCUT2D eigenvalue weighted by atomic mass is 35.5. The molecule has 6 heteroatoms. The van der Waals surface area contributed by atoms with Crippen molar-refractivity contribution in [3.8, 4) is 0 Å². The first-order chi connectivity index (χ1) is 8.95. The van der Waals surface area contributed by atoms with Crippen molar-refractivity contribution in [2.45, 2.75) is 6.92 Å². The summed E-state index contributed by atoms with van der Waals surface area (Å²) in [6.45, 7) is 1.45. The van der Waals surface area contributed by atoms with Gasteiger partial charge in [-0.1, -0.05) is 35.3 Å². The monoisotopic (exact) mass is 299 g/mol. The van der Waals surface area contributed by atoms with Gasteiger partial charge in [0, 0.05) is 11.3 Å². The Balaban J connectivity index is 3.16. The molecule has 0 atom stereocenters. The maximum atomic E-state index is 10.7. The molecule has 0 aliphatic heterocycles. The van der Waals surface area contributed by atoms with Gasteiger partial charge in [0.15, 0.2) is 0 Å². The van der Waals surface area contributed by atoms with Gasteiger partial charge in [0.05, 0.1) is 10.0 Å². The Kier molecular flexibility index (Phi) is 5.60. The summed E-state index contributed by atoms with van der Waals surface area (Å²) in [5, 5.41) is 12.0. The molecular weight excluding hydrogens is 289 g/mol. The molecule has 0 saturated heterocycles. The van der Waals surface area contributed by atoms with Gasteiger partial charge in [-0.3, -0.25) is 4.79 Å². The van der Waals surface area contributed by atoms with Crippen LogP contribution in [0.3, 0.4) is 0 Å². The number of rotatable bonds is 5. The number of halogens is 2. The SMILES string of the molecule is C/C(=C\C=C(/NC=O)c1ccc(Cl)c(Cl)c1)C(=O)O. The Labute approximate surface area is 120 Å². The van der Waals surface area contributed by atoms with Crippen molar-refractivity contribution in [3.05, 3.63) is 51.5 Å². The largest absolute Gasteiger partial charge is 0.478 e. The molecule has 0 radical (unpaired) electrons. The molecule has 0 aliphatic carbocycles. The van der Waals surface area contributed by atoms with Crippen LogP contribution in [0, 0.1) is 0 Å². The second-order valence-corrected chi connectivity index (χ2v) is 4.44.